The second-order valence-corrected chi connectivity index (χ2v) is 1.47. The molecule has 0 aliphatic heterocycles. The average molecular weight is 149 g/mol. The summed E-state index contributed by atoms with van der Waals surface area (Å²) in [7, 11) is 0. The van der Waals surface area contributed by atoms with Crippen molar-refractivity contribution in [3.63, 3.8) is 0 Å². The van der Waals surface area contributed by atoms with Gasteiger partial charge in [-0.2, -0.15) is 5.10 Å². The van der Waals surface area contributed by atoms with Crippen LogP contribution in [0.15, 0.2) is 12.7 Å². The van der Waals surface area contributed by atoms with Crippen molar-refractivity contribution in [3.8, 4) is 0 Å². The van der Waals surface area contributed by atoms with E-state index >= 15 is 0 Å². The van der Waals surface area contributed by atoms with E-state index in [1.54, 1.807) is 0 Å². The molecule has 0 fully saturated rings. The van der Waals surface area contributed by atoms with Gasteiger partial charge in [0.25, 0.3) is 0 Å². The number of carbonyl (C=O) groups is 1. The number of nitrogens with zero attached hydrogens (tertiary/aromatic N) is 3. The molecule has 0 N–H and O–H groups in total. The van der Waals surface area contributed by atoms with Gasteiger partial charge >= 0.3 is 29.6 Å². The number of carbonyl (C=O) groups excluding carboxylic acids is 1. The third-order valence-corrected chi connectivity index (χ3v) is 0.758. The molecule has 0 saturated carbocycles. The zero-order valence-electron chi connectivity index (χ0n) is 5.52. The Morgan fingerprint density at radius 3 is 2.80 bits per heavy atom. The number of carboxylic acid groups (broad SMARTS) is 1. The van der Waals surface area contributed by atoms with Crippen molar-refractivity contribution in [2.45, 2.75) is 6.54 Å². The first-order valence-corrected chi connectivity index (χ1v) is 2.31. The van der Waals surface area contributed by atoms with E-state index in [0.29, 0.717) is 0 Å². The number of hydrogen-bond donors (Lipinski definition) is 0. The fourth-order valence-corrected chi connectivity index (χ4v) is 0.447. The average Bonchev–Trinajstić information content (AvgIpc) is 2.15. The molecule has 0 unspecified atom stereocenters. The Hall–Kier alpha value is -0.390. The second kappa shape index (κ2) is 4.43. The van der Waals surface area contributed by atoms with Gasteiger partial charge in [-0.05, 0) is 0 Å². The van der Waals surface area contributed by atoms with E-state index in [-0.39, 0.29) is 36.1 Å². The maximum absolute atomic E-state index is 9.87. The van der Waals surface area contributed by atoms with Crippen molar-refractivity contribution in [1.82, 2.24) is 14.8 Å². The van der Waals surface area contributed by atoms with Gasteiger partial charge in [-0.1, -0.05) is 0 Å². The SMILES string of the molecule is O=C([O-])Cn1cncn1.[Na+]. The Morgan fingerprint density at radius 2 is 2.40 bits per heavy atom. The minimum Gasteiger partial charge on any atom is -0.548 e. The zero-order valence-corrected chi connectivity index (χ0v) is 7.52. The Kier molecular flexibility index (Phi) is 4.26. The predicted octanol–water partition coefficient (Wildman–Crippen LogP) is -4.97. The van der Waals surface area contributed by atoms with Crippen LogP contribution in [0, 0.1) is 0 Å². The summed E-state index contributed by atoms with van der Waals surface area (Å²) in [4.78, 5) is 13.4. The third kappa shape index (κ3) is 2.95. The fourth-order valence-electron chi connectivity index (χ4n) is 0.447. The van der Waals surface area contributed by atoms with Crippen molar-refractivity contribution < 1.29 is 39.5 Å². The van der Waals surface area contributed by atoms with Crippen LogP contribution in [-0.2, 0) is 11.3 Å². The smallest absolute Gasteiger partial charge is 0.548 e. The van der Waals surface area contributed by atoms with Gasteiger partial charge < -0.3 is 9.90 Å². The van der Waals surface area contributed by atoms with E-state index in [2.05, 4.69) is 10.1 Å². The molecule has 0 spiro atoms. The zero-order chi connectivity index (χ0) is 6.69. The number of aromatic nitrogens is 3. The maximum Gasteiger partial charge on any atom is 1.00 e. The van der Waals surface area contributed by atoms with Crippen molar-refractivity contribution in [1.29, 1.82) is 0 Å². The second-order valence-electron chi connectivity index (χ2n) is 1.47. The van der Waals surface area contributed by atoms with E-state index in [9.17, 15) is 9.90 Å². The minimum absolute atomic E-state index is 0. The minimum atomic E-state index is -1.17. The molecule has 0 atom stereocenters. The number of carboxylic acids is 1. The van der Waals surface area contributed by atoms with Gasteiger partial charge in [-0.25, -0.2) is 9.67 Å². The maximum atomic E-state index is 9.87. The van der Waals surface area contributed by atoms with Gasteiger partial charge in [0.1, 0.15) is 12.7 Å². The normalized spacial score (nSPS) is 8.40. The van der Waals surface area contributed by atoms with Gasteiger partial charge in [0.2, 0.25) is 0 Å². The summed E-state index contributed by atoms with van der Waals surface area (Å²) < 4.78 is 1.18. The van der Waals surface area contributed by atoms with Gasteiger partial charge in [0, 0.05) is 0 Å². The van der Waals surface area contributed by atoms with Crippen LogP contribution >= 0.6 is 0 Å². The number of aliphatic carboxylic acids is 1. The van der Waals surface area contributed by atoms with E-state index in [1.807, 2.05) is 0 Å². The summed E-state index contributed by atoms with van der Waals surface area (Å²) in [6, 6.07) is 0. The van der Waals surface area contributed by atoms with E-state index in [0.717, 1.165) is 0 Å². The molecule has 0 aromatic carbocycles. The predicted molar refractivity (Wildman–Crippen MR) is 25.0 cm³/mol. The molecule has 0 radical (unpaired) electrons. The summed E-state index contributed by atoms with van der Waals surface area (Å²) >= 11 is 0. The standard InChI is InChI=1S/C4H5N3O2.Na/c8-4(9)1-7-3-5-2-6-7;/h2-3H,1H2,(H,8,9);/q;+1/p-1. The molecule has 10 heavy (non-hydrogen) atoms. The van der Waals surface area contributed by atoms with Gasteiger partial charge in [-0.3, -0.25) is 0 Å². The first-order valence-electron chi connectivity index (χ1n) is 2.31. The molecule has 5 nitrogen and oxygen atoms in total. The van der Waals surface area contributed by atoms with E-state index < -0.39 is 5.97 Å². The Morgan fingerprint density at radius 1 is 1.70 bits per heavy atom. The topological polar surface area (TPSA) is 70.8 Å². The van der Waals surface area contributed by atoms with Crippen LogP contribution in [0.3, 0.4) is 0 Å². The summed E-state index contributed by atoms with van der Waals surface area (Å²) in [6.45, 7) is -0.236. The van der Waals surface area contributed by atoms with Crippen molar-refractivity contribution in [2.75, 3.05) is 0 Å². The Bertz CT molecular complexity index is 198. The van der Waals surface area contributed by atoms with Gasteiger partial charge in [-0.15, -0.1) is 0 Å². The summed E-state index contributed by atoms with van der Waals surface area (Å²) in [5.74, 6) is -1.17. The quantitative estimate of drug-likeness (QED) is 0.395. The molecule has 48 valence electrons. The molecular formula is C4H4N3NaO2. The van der Waals surface area contributed by atoms with Crippen molar-refractivity contribution in [3.05, 3.63) is 12.7 Å². The summed E-state index contributed by atoms with van der Waals surface area (Å²) in [5, 5.41) is 13.4. The first-order chi connectivity index (χ1) is 4.29. The Labute approximate surface area is 79.4 Å². The molecule has 1 rings (SSSR count). The molecule has 0 aliphatic carbocycles. The Balaban J connectivity index is 0.000000810. The van der Waals surface area contributed by atoms with Crippen LogP contribution in [0.5, 0.6) is 0 Å². The molecule has 1 heterocycles. The number of rotatable bonds is 2. The van der Waals surface area contributed by atoms with Crippen molar-refractivity contribution in [2.24, 2.45) is 0 Å². The first kappa shape index (κ1) is 9.61. The molecule has 0 aliphatic rings. The monoisotopic (exact) mass is 149 g/mol. The summed E-state index contributed by atoms with van der Waals surface area (Å²) in [6.07, 6.45) is 2.58. The van der Waals surface area contributed by atoms with Crippen LogP contribution in [0.25, 0.3) is 0 Å². The molecular weight excluding hydrogens is 145 g/mol. The van der Waals surface area contributed by atoms with Gasteiger partial charge in [0.15, 0.2) is 0 Å². The molecule has 6 heteroatoms. The van der Waals surface area contributed by atoms with Crippen LogP contribution < -0.4 is 34.7 Å². The fraction of sp³-hybridized carbons (Fsp3) is 0.250. The van der Waals surface area contributed by atoms with Crippen molar-refractivity contribution >= 4 is 5.97 Å². The third-order valence-electron chi connectivity index (χ3n) is 0.758. The summed E-state index contributed by atoms with van der Waals surface area (Å²) in [5.41, 5.74) is 0. The van der Waals surface area contributed by atoms with E-state index in [4.69, 9.17) is 0 Å². The molecule has 0 amide bonds. The number of hydrogen-bond acceptors (Lipinski definition) is 4. The van der Waals surface area contributed by atoms with Crippen LogP contribution in [-0.4, -0.2) is 20.7 Å². The van der Waals surface area contributed by atoms with E-state index in [1.165, 1.54) is 17.3 Å². The van der Waals surface area contributed by atoms with Gasteiger partial charge in [0.05, 0.1) is 12.5 Å². The van der Waals surface area contributed by atoms with Crippen LogP contribution in [0.2, 0.25) is 0 Å². The van der Waals surface area contributed by atoms with Crippen LogP contribution in [0.4, 0.5) is 0 Å². The molecule has 1 aromatic rings. The molecule has 0 saturated heterocycles. The molecule has 1 aromatic heterocycles. The largest absolute Gasteiger partial charge is 1.00 e. The van der Waals surface area contributed by atoms with Crippen LogP contribution in [0.1, 0.15) is 0 Å². The molecule has 0 bridgehead atoms.